The highest BCUT2D eigenvalue weighted by molar-refractivity contribution is 5.85. The smallest absolute Gasteiger partial charge is 0.415 e. The van der Waals surface area contributed by atoms with E-state index >= 15 is 0 Å². The van der Waals surface area contributed by atoms with Crippen LogP contribution in [0, 0.1) is 0 Å². The first-order chi connectivity index (χ1) is 11.2. The normalized spacial score (nSPS) is 18.2. The maximum absolute atomic E-state index is 12.1. The summed E-state index contributed by atoms with van der Waals surface area (Å²) in [5, 5.41) is 0. The summed E-state index contributed by atoms with van der Waals surface area (Å²) in [4.78, 5) is 31.6. The molecule has 1 fully saturated rings. The lowest BCUT2D eigenvalue weighted by atomic mass is 9.96. The second-order valence-electron chi connectivity index (χ2n) is 7.21. The number of amides is 2. The second-order valence-corrected chi connectivity index (χ2v) is 7.21. The number of carbonyl (C=O) groups excluding carboxylic acids is 2. The third kappa shape index (κ3) is 4.46. The van der Waals surface area contributed by atoms with Gasteiger partial charge in [0.05, 0.1) is 6.04 Å². The lowest BCUT2D eigenvalue weighted by Gasteiger charge is -2.35. The summed E-state index contributed by atoms with van der Waals surface area (Å²) in [5.74, 6) is 0.618. The van der Waals surface area contributed by atoms with Crippen molar-refractivity contribution in [1.82, 2.24) is 9.88 Å². The van der Waals surface area contributed by atoms with Gasteiger partial charge in [0.1, 0.15) is 11.4 Å². The van der Waals surface area contributed by atoms with Gasteiger partial charge in [-0.05, 0) is 51.7 Å². The molecule has 0 radical (unpaired) electrons. The minimum atomic E-state index is -0.546. The maximum Gasteiger partial charge on any atom is 0.415 e. The number of likely N-dealkylation sites (tertiary alicyclic amines) is 1. The van der Waals surface area contributed by atoms with Crippen LogP contribution in [0.25, 0.3) is 0 Å². The van der Waals surface area contributed by atoms with E-state index in [0.717, 1.165) is 31.4 Å². The zero-order valence-electron chi connectivity index (χ0n) is 15.2. The van der Waals surface area contributed by atoms with Crippen LogP contribution < -0.4 is 4.90 Å². The number of nitrogens with zero attached hydrogens (tertiary/aromatic N) is 3. The number of anilines is 1. The molecule has 0 bridgehead atoms. The van der Waals surface area contributed by atoms with Gasteiger partial charge in [-0.25, -0.2) is 9.78 Å². The average Bonchev–Trinajstić information content (AvgIpc) is 2.52. The van der Waals surface area contributed by atoms with Crippen molar-refractivity contribution >= 4 is 17.8 Å². The van der Waals surface area contributed by atoms with E-state index in [2.05, 4.69) is 4.98 Å². The number of aromatic nitrogens is 1. The highest BCUT2D eigenvalue weighted by atomic mass is 16.6. The lowest BCUT2D eigenvalue weighted by Crippen LogP contribution is -2.37. The van der Waals surface area contributed by atoms with Gasteiger partial charge in [-0.2, -0.15) is 0 Å². The number of piperidine rings is 1. The van der Waals surface area contributed by atoms with Gasteiger partial charge in [0.25, 0.3) is 0 Å². The molecule has 0 N–H and O–H groups in total. The molecule has 0 spiro atoms. The van der Waals surface area contributed by atoms with Crippen molar-refractivity contribution in [3.63, 3.8) is 0 Å². The minimum absolute atomic E-state index is 0.0737. The Bertz CT molecular complexity index is 593. The Hall–Kier alpha value is -2.11. The molecule has 2 amide bonds. The number of pyridine rings is 1. The molecule has 2 heterocycles. The Morgan fingerprint density at radius 2 is 2.00 bits per heavy atom. The molecular formula is C18H27N3O3. The van der Waals surface area contributed by atoms with Gasteiger partial charge in [-0.3, -0.25) is 9.69 Å². The van der Waals surface area contributed by atoms with Crippen molar-refractivity contribution in [2.75, 3.05) is 18.5 Å². The molecule has 24 heavy (non-hydrogen) atoms. The van der Waals surface area contributed by atoms with Crippen LogP contribution in [-0.4, -0.2) is 41.1 Å². The summed E-state index contributed by atoms with van der Waals surface area (Å²) in [6.45, 7) is 7.88. The summed E-state index contributed by atoms with van der Waals surface area (Å²) < 4.78 is 5.34. The topological polar surface area (TPSA) is 62.7 Å². The van der Waals surface area contributed by atoms with Gasteiger partial charge >= 0.3 is 6.09 Å². The molecule has 1 saturated heterocycles. The second kappa shape index (κ2) is 7.20. The molecule has 6 nitrogen and oxygen atoms in total. The van der Waals surface area contributed by atoms with Crippen LogP contribution in [0.15, 0.2) is 18.3 Å². The quantitative estimate of drug-likeness (QED) is 0.830. The van der Waals surface area contributed by atoms with Gasteiger partial charge in [-0.1, -0.05) is 6.07 Å². The van der Waals surface area contributed by atoms with Crippen LogP contribution in [0.5, 0.6) is 0 Å². The van der Waals surface area contributed by atoms with E-state index in [-0.39, 0.29) is 11.9 Å². The van der Waals surface area contributed by atoms with Crippen LogP contribution in [-0.2, 0) is 9.53 Å². The van der Waals surface area contributed by atoms with E-state index in [1.807, 2.05) is 31.7 Å². The monoisotopic (exact) mass is 333 g/mol. The summed E-state index contributed by atoms with van der Waals surface area (Å²) in [5.41, 5.74) is 0.460. The van der Waals surface area contributed by atoms with Crippen molar-refractivity contribution in [3.8, 4) is 0 Å². The molecular weight excluding hydrogens is 306 g/mol. The first-order valence-corrected chi connectivity index (χ1v) is 8.39. The fourth-order valence-corrected chi connectivity index (χ4v) is 2.87. The molecule has 0 aliphatic carbocycles. The standard InChI is InChI=1S/C18H27N3O3/c1-13(22)21-11-7-6-8-15(21)14-9-10-16(19-12-14)20(5)17(23)24-18(2,3)4/h9-10,12,15H,6-8,11H2,1-5H3. The van der Waals surface area contributed by atoms with Crippen LogP contribution in [0.4, 0.5) is 10.6 Å². The van der Waals surface area contributed by atoms with E-state index in [1.54, 1.807) is 26.2 Å². The number of ether oxygens (including phenoxy) is 1. The third-order valence-corrected chi connectivity index (χ3v) is 4.07. The van der Waals surface area contributed by atoms with Crippen molar-refractivity contribution in [3.05, 3.63) is 23.9 Å². The van der Waals surface area contributed by atoms with Gasteiger partial charge < -0.3 is 9.64 Å². The summed E-state index contributed by atoms with van der Waals surface area (Å²) in [6.07, 6.45) is 4.41. The molecule has 0 aromatic carbocycles. The lowest BCUT2D eigenvalue weighted by molar-refractivity contribution is -0.132. The zero-order chi connectivity index (χ0) is 17.9. The molecule has 1 aromatic heterocycles. The Kier molecular flexibility index (Phi) is 5.47. The number of rotatable bonds is 2. The Labute approximate surface area is 143 Å². The van der Waals surface area contributed by atoms with Crippen molar-refractivity contribution < 1.29 is 14.3 Å². The van der Waals surface area contributed by atoms with Crippen molar-refractivity contribution in [1.29, 1.82) is 0 Å². The molecule has 132 valence electrons. The van der Waals surface area contributed by atoms with Gasteiger partial charge in [-0.15, -0.1) is 0 Å². The maximum atomic E-state index is 12.1. The SMILES string of the molecule is CC(=O)N1CCCCC1c1ccc(N(C)C(=O)OC(C)(C)C)nc1. The minimum Gasteiger partial charge on any atom is -0.443 e. The number of hydrogen-bond acceptors (Lipinski definition) is 4. The highest BCUT2D eigenvalue weighted by Crippen LogP contribution is 2.31. The van der Waals surface area contributed by atoms with E-state index in [9.17, 15) is 9.59 Å². The molecule has 1 atom stereocenters. The van der Waals surface area contributed by atoms with Crippen LogP contribution in [0.1, 0.15) is 58.6 Å². The molecule has 1 aliphatic rings. The van der Waals surface area contributed by atoms with Crippen LogP contribution in [0.3, 0.4) is 0 Å². The predicted octanol–water partition coefficient (Wildman–Crippen LogP) is 3.53. The fourth-order valence-electron chi connectivity index (χ4n) is 2.87. The van der Waals surface area contributed by atoms with Crippen molar-refractivity contribution in [2.45, 2.75) is 58.6 Å². The predicted molar refractivity (Wildman–Crippen MR) is 92.9 cm³/mol. The molecule has 1 aliphatic heterocycles. The van der Waals surface area contributed by atoms with E-state index in [0.29, 0.717) is 5.82 Å². The Balaban J connectivity index is 2.12. The Morgan fingerprint density at radius 1 is 1.29 bits per heavy atom. The van der Waals surface area contributed by atoms with Crippen molar-refractivity contribution in [2.24, 2.45) is 0 Å². The molecule has 1 aromatic rings. The fraction of sp³-hybridized carbons (Fsp3) is 0.611. The van der Waals surface area contributed by atoms with Crippen LogP contribution >= 0.6 is 0 Å². The summed E-state index contributed by atoms with van der Waals surface area (Å²) in [6, 6.07) is 3.81. The average molecular weight is 333 g/mol. The van der Waals surface area contributed by atoms with E-state index in [1.165, 1.54) is 4.90 Å². The molecule has 0 saturated carbocycles. The first kappa shape index (κ1) is 18.2. The molecule has 2 rings (SSSR count). The molecule has 1 unspecified atom stereocenters. The van der Waals surface area contributed by atoms with E-state index in [4.69, 9.17) is 4.74 Å². The summed E-state index contributed by atoms with van der Waals surface area (Å²) in [7, 11) is 1.64. The Morgan fingerprint density at radius 3 is 2.54 bits per heavy atom. The molecule has 6 heteroatoms. The third-order valence-electron chi connectivity index (χ3n) is 4.07. The van der Waals surface area contributed by atoms with E-state index < -0.39 is 11.7 Å². The zero-order valence-corrected chi connectivity index (χ0v) is 15.2. The van der Waals surface area contributed by atoms with Gasteiger partial charge in [0.15, 0.2) is 0 Å². The highest BCUT2D eigenvalue weighted by Gasteiger charge is 2.26. The number of hydrogen-bond donors (Lipinski definition) is 0. The van der Waals surface area contributed by atoms with Crippen LogP contribution in [0.2, 0.25) is 0 Å². The largest absolute Gasteiger partial charge is 0.443 e. The number of carbonyl (C=O) groups is 2. The first-order valence-electron chi connectivity index (χ1n) is 8.39. The van der Waals surface area contributed by atoms with Gasteiger partial charge in [0, 0.05) is 26.7 Å². The summed E-state index contributed by atoms with van der Waals surface area (Å²) >= 11 is 0. The van der Waals surface area contributed by atoms with Gasteiger partial charge in [0.2, 0.25) is 5.91 Å².